The van der Waals surface area contributed by atoms with Crippen LogP contribution in [0.3, 0.4) is 0 Å². The van der Waals surface area contributed by atoms with Crippen molar-refractivity contribution in [2.45, 2.75) is 12.5 Å². The van der Waals surface area contributed by atoms with E-state index in [-0.39, 0.29) is 16.1 Å². The van der Waals surface area contributed by atoms with Gasteiger partial charge in [0.25, 0.3) is 5.56 Å². The van der Waals surface area contributed by atoms with Crippen LogP contribution in [0.5, 0.6) is 0 Å². The molecule has 1 aliphatic heterocycles. The van der Waals surface area contributed by atoms with Crippen molar-refractivity contribution < 1.29 is 0 Å². The van der Waals surface area contributed by atoms with Gasteiger partial charge >= 0.3 is 0 Å². The summed E-state index contributed by atoms with van der Waals surface area (Å²) in [5, 5.41) is 0.128. The quantitative estimate of drug-likeness (QED) is 0.688. The minimum absolute atomic E-state index is 0.128. The predicted octanol–water partition coefficient (Wildman–Crippen LogP) is -0.0393. The molecule has 0 unspecified atom stereocenters. The molecule has 1 saturated heterocycles. The zero-order chi connectivity index (χ0) is 10.3. The van der Waals surface area contributed by atoms with Crippen molar-refractivity contribution in [1.82, 2.24) is 9.97 Å². The summed E-state index contributed by atoms with van der Waals surface area (Å²) in [7, 11) is 0. The van der Waals surface area contributed by atoms with Gasteiger partial charge in [0.2, 0.25) is 0 Å². The lowest BCUT2D eigenvalue weighted by molar-refractivity contribution is 0.362. The van der Waals surface area contributed by atoms with Crippen molar-refractivity contribution in [3.8, 4) is 0 Å². The topological polar surface area (TPSA) is 75.0 Å². The molecule has 0 atom stereocenters. The van der Waals surface area contributed by atoms with Gasteiger partial charge in [-0.3, -0.25) is 4.79 Å². The molecule has 1 aliphatic rings. The molecule has 1 aromatic rings. The molecular weight excluding hydrogens is 204 g/mol. The van der Waals surface area contributed by atoms with Crippen LogP contribution in [-0.2, 0) is 0 Å². The van der Waals surface area contributed by atoms with Crippen molar-refractivity contribution in [2.75, 3.05) is 18.0 Å². The van der Waals surface area contributed by atoms with Crippen LogP contribution in [0.4, 0.5) is 5.82 Å². The summed E-state index contributed by atoms with van der Waals surface area (Å²) in [4.78, 5) is 19.5. The fourth-order valence-electron chi connectivity index (χ4n) is 1.57. The van der Waals surface area contributed by atoms with Crippen LogP contribution in [0.2, 0.25) is 5.02 Å². The van der Waals surface area contributed by atoms with E-state index >= 15 is 0 Å². The maximum Gasteiger partial charge on any atom is 0.271 e. The second-order valence-electron chi connectivity index (χ2n) is 3.88. The van der Waals surface area contributed by atoms with E-state index < -0.39 is 0 Å². The molecule has 2 heterocycles. The number of nitrogens with one attached hydrogen (secondary N) is 1. The number of hydrogen-bond acceptors (Lipinski definition) is 4. The highest BCUT2D eigenvalue weighted by Crippen LogP contribution is 2.27. The highest BCUT2D eigenvalue weighted by atomic mass is 35.5. The molecule has 0 saturated carbocycles. The van der Waals surface area contributed by atoms with Crippen LogP contribution >= 0.6 is 11.6 Å². The lowest BCUT2D eigenvalue weighted by atomic mass is 9.94. The summed E-state index contributed by atoms with van der Waals surface area (Å²) < 4.78 is 0. The van der Waals surface area contributed by atoms with Crippen molar-refractivity contribution in [3.63, 3.8) is 0 Å². The average Bonchev–Trinajstić information content (AvgIpc) is 2.06. The molecule has 0 spiro atoms. The van der Waals surface area contributed by atoms with Crippen LogP contribution in [0.1, 0.15) is 6.92 Å². The van der Waals surface area contributed by atoms with Crippen molar-refractivity contribution in [3.05, 3.63) is 21.7 Å². The van der Waals surface area contributed by atoms with E-state index in [9.17, 15) is 4.79 Å². The first kappa shape index (κ1) is 9.48. The van der Waals surface area contributed by atoms with E-state index in [1.54, 1.807) is 0 Å². The highest BCUT2D eigenvalue weighted by Gasteiger charge is 2.36. The summed E-state index contributed by atoms with van der Waals surface area (Å²) in [6.07, 6.45) is 1.34. The molecule has 1 fully saturated rings. The number of hydrogen-bond donors (Lipinski definition) is 2. The lowest BCUT2D eigenvalue weighted by Crippen LogP contribution is -2.66. The monoisotopic (exact) mass is 214 g/mol. The van der Waals surface area contributed by atoms with Crippen molar-refractivity contribution in [1.29, 1.82) is 0 Å². The smallest absolute Gasteiger partial charge is 0.271 e. The van der Waals surface area contributed by atoms with Crippen LogP contribution in [-0.4, -0.2) is 28.6 Å². The molecule has 3 N–H and O–H groups in total. The molecule has 0 bridgehead atoms. The Balaban J connectivity index is 2.27. The maximum absolute atomic E-state index is 11.2. The number of aromatic nitrogens is 2. The second-order valence-corrected chi connectivity index (χ2v) is 4.26. The average molecular weight is 215 g/mol. The van der Waals surface area contributed by atoms with E-state index in [0.29, 0.717) is 18.9 Å². The molecule has 14 heavy (non-hydrogen) atoms. The largest absolute Gasteiger partial charge is 0.351 e. The Morgan fingerprint density at radius 2 is 2.36 bits per heavy atom. The van der Waals surface area contributed by atoms with E-state index in [1.165, 1.54) is 6.33 Å². The van der Waals surface area contributed by atoms with Gasteiger partial charge in [-0.15, -0.1) is 0 Å². The number of nitrogens with zero attached hydrogens (tertiary/aromatic N) is 2. The molecular formula is C8H11ClN4O. The summed E-state index contributed by atoms with van der Waals surface area (Å²) in [5.41, 5.74) is 5.32. The van der Waals surface area contributed by atoms with Gasteiger partial charge in [0.15, 0.2) is 5.82 Å². The van der Waals surface area contributed by atoms with Gasteiger partial charge in [-0.25, -0.2) is 4.98 Å². The van der Waals surface area contributed by atoms with Gasteiger partial charge in [-0.05, 0) is 6.92 Å². The van der Waals surface area contributed by atoms with E-state index in [1.807, 2.05) is 11.8 Å². The van der Waals surface area contributed by atoms with E-state index in [4.69, 9.17) is 17.3 Å². The first-order valence-electron chi connectivity index (χ1n) is 4.27. The molecule has 2 rings (SSSR count). The van der Waals surface area contributed by atoms with Crippen LogP contribution in [0.15, 0.2) is 11.1 Å². The Morgan fingerprint density at radius 1 is 1.71 bits per heavy atom. The van der Waals surface area contributed by atoms with Crippen LogP contribution < -0.4 is 16.2 Å². The molecule has 1 aromatic heterocycles. The minimum atomic E-state index is -0.317. The number of rotatable bonds is 1. The minimum Gasteiger partial charge on any atom is -0.351 e. The van der Waals surface area contributed by atoms with E-state index in [0.717, 1.165) is 0 Å². The molecule has 6 heteroatoms. The first-order valence-corrected chi connectivity index (χ1v) is 4.64. The molecule has 0 amide bonds. The Morgan fingerprint density at radius 3 is 2.93 bits per heavy atom. The van der Waals surface area contributed by atoms with Crippen molar-refractivity contribution >= 4 is 17.4 Å². The first-order chi connectivity index (χ1) is 6.49. The molecule has 0 radical (unpaired) electrons. The second kappa shape index (κ2) is 2.96. The third kappa shape index (κ3) is 1.49. The Kier molecular flexibility index (Phi) is 2.01. The molecule has 0 aliphatic carbocycles. The number of halogens is 1. The predicted molar refractivity (Wildman–Crippen MR) is 54.7 cm³/mol. The zero-order valence-corrected chi connectivity index (χ0v) is 8.51. The Labute approximate surface area is 85.9 Å². The Hall–Kier alpha value is -1.07. The van der Waals surface area contributed by atoms with Gasteiger partial charge in [-0.2, -0.15) is 0 Å². The summed E-state index contributed by atoms with van der Waals surface area (Å²) >= 11 is 5.81. The van der Waals surface area contributed by atoms with Crippen LogP contribution in [0.25, 0.3) is 0 Å². The molecule has 76 valence electrons. The van der Waals surface area contributed by atoms with Crippen LogP contribution in [0, 0.1) is 0 Å². The Bertz CT molecular complexity index is 406. The zero-order valence-electron chi connectivity index (χ0n) is 7.75. The number of aromatic amines is 1. The van der Waals surface area contributed by atoms with Gasteiger partial charge in [-0.1, -0.05) is 11.6 Å². The van der Waals surface area contributed by atoms with Gasteiger partial charge in [0.1, 0.15) is 5.02 Å². The molecule has 5 nitrogen and oxygen atoms in total. The SMILES string of the molecule is CC1(N)CN(c2nc[nH]c(=O)c2Cl)C1. The molecule has 0 aromatic carbocycles. The maximum atomic E-state index is 11.2. The summed E-state index contributed by atoms with van der Waals surface area (Å²) in [5.74, 6) is 0.512. The highest BCUT2D eigenvalue weighted by molar-refractivity contribution is 6.32. The number of anilines is 1. The fraction of sp³-hybridized carbons (Fsp3) is 0.500. The van der Waals surface area contributed by atoms with Gasteiger partial charge < -0.3 is 15.6 Å². The number of nitrogens with two attached hydrogens (primary N) is 1. The normalized spacial score (nSPS) is 19.2. The van der Waals surface area contributed by atoms with Gasteiger partial charge in [0, 0.05) is 18.6 Å². The number of H-pyrrole nitrogens is 1. The summed E-state index contributed by atoms with van der Waals surface area (Å²) in [6, 6.07) is 0. The summed E-state index contributed by atoms with van der Waals surface area (Å²) in [6.45, 7) is 3.29. The van der Waals surface area contributed by atoms with E-state index in [2.05, 4.69) is 9.97 Å². The standard InChI is InChI=1S/C8H11ClN4O/c1-8(10)2-13(3-8)6-5(9)7(14)12-4-11-6/h4H,2-3,10H2,1H3,(H,11,12,14). The third-order valence-corrected chi connectivity index (χ3v) is 2.52. The third-order valence-electron chi connectivity index (χ3n) is 2.18. The van der Waals surface area contributed by atoms with Crippen molar-refractivity contribution in [2.24, 2.45) is 5.73 Å². The van der Waals surface area contributed by atoms with Gasteiger partial charge in [0.05, 0.1) is 6.33 Å². The lowest BCUT2D eigenvalue weighted by Gasteiger charge is -2.46. The fourth-order valence-corrected chi connectivity index (χ4v) is 1.79.